The van der Waals surface area contributed by atoms with E-state index < -0.39 is 16.1 Å². The molecule has 1 fully saturated rings. The highest BCUT2D eigenvalue weighted by atomic mass is 35.5. The van der Waals surface area contributed by atoms with E-state index in [1.165, 1.54) is 22.0 Å². The van der Waals surface area contributed by atoms with Crippen molar-refractivity contribution in [2.24, 2.45) is 0 Å². The van der Waals surface area contributed by atoms with Crippen molar-refractivity contribution in [1.82, 2.24) is 9.62 Å². The van der Waals surface area contributed by atoms with E-state index in [2.05, 4.69) is 11.4 Å². The molecule has 150 valence electrons. The van der Waals surface area contributed by atoms with Crippen molar-refractivity contribution in [2.45, 2.75) is 50.6 Å². The maximum atomic E-state index is 13.0. The van der Waals surface area contributed by atoms with Gasteiger partial charge in [-0.2, -0.15) is 4.31 Å². The molecular formula is C21H25ClN2O3S. The summed E-state index contributed by atoms with van der Waals surface area (Å²) in [6.45, 7) is 6.32. The van der Waals surface area contributed by atoms with Gasteiger partial charge in [0.1, 0.15) is 6.04 Å². The van der Waals surface area contributed by atoms with Crippen molar-refractivity contribution in [3.8, 4) is 0 Å². The van der Waals surface area contributed by atoms with Gasteiger partial charge in [-0.15, -0.1) is 0 Å². The van der Waals surface area contributed by atoms with Gasteiger partial charge in [0.2, 0.25) is 15.9 Å². The van der Waals surface area contributed by atoms with Crippen LogP contribution < -0.4 is 5.32 Å². The standard InChI is InChI=1S/C21H25ClN2O3S/c1-14-6-7-17(13-15(14)2)16(3)23-21(25)20-5-4-12-24(20)28(26,27)19-10-8-18(22)9-11-19/h6-11,13,16,20H,4-5,12H2,1-3H3,(H,23,25)/t16-,20+/m1/s1. The molecule has 1 aliphatic rings. The highest BCUT2D eigenvalue weighted by molar-refractivity contribution is 7.89. The molecule has 2 aromatic carbocycles. The topological polar surface area (TPSA) is 66.5 Å². The van der Waals surface area contributed by atoms with Crippen LogP contribution in [0.15, 0.2) is 47.4 Å². The number of aryl methyl sites for hydroxylation is 2. The van der Waals surface area contributed by atoms with E-state index in [1.54, 1.807) is 12.1 Å². The fourth-order valence-corrected chi connectivity index (χ4v) is 5.24. The zero-order chi connectivity index (χ0) is 20.5. The Bertz CT molecular complexity index is 974. The third-order valence-electron chi connectivity index (χ3n) is 5.32. The molecule has 5 nitrogen and oxygen atoms in total. The monoisotopic (exact) mass is 420 g/mol. The lowest BCUT2D eigenvalue weighted by molar-refractivity contribution is -0.124. The van der Waals surface area contributed by atoms with Crippen LogP contribution in [0.5, 0.6) is 0 Å². The van der Waals surface area contributed by atoms with Crippen LogP contribution in [0.2, 0.25) is 5.02 Å². The van der Waals surface area contributed by atoms with Gasteiger partial charge in [-0.05, 0) is 74.6 Å². The van der Waals surface area contributed by atoms with Crippen molar-refractivity contribution in [3.63, 3.8) is 0 Å². The number of carbonyl (C=O) groups is 1. The second-order valence-electron chi connectivity index (χ2n) is 7.30. The van der Waals surface area contributed by atoms with Crippen LogP contribution in [-0.4, -0.2) is 31.2 Å². The van der Waals surface area contributed by atoms with Crippen molar-refractivity contribution < 1.29 is 13.2 Å². The van der Waals surface area contributed by atoms with Gasteiger partial charge in [0.15, 0.2) is 0 Å². The van der Waals surface area contributed by atoms with E-state index in [4.69, 9.17) is 11.6 Å². The summed E-state index contributed by atoms with van der Waals surface area (Å²) in [6.07, 6.45) is 1.17. The summed E-state index contributed by atoms with van der Waals surface area (Å²) in [7, 11) is -3.75. The Morgan fingerprint density at radius 1 is 1.14 bits per heavy atom. The summed E-state index contributed by atoms with van der Waals surface area (Å²) in [5.74, 6) is -0.263. The molecule has 1 saturated heterocycles. The first kappa shape index (κ1) is 20.8. The molecule has 0 radical (unpaired) electrons. The summed E-state index contributed by atoms with van der Waals surface area (Å²) in [6, 6.07) is 11.2. The van der Waals surface area contributed by atoms with E-state index in [9.17, 15) is 13.2 Å². The largest absolute Gasteiger partial charge is 0.348 e. The number of amides is 1. The van der Waals surface area contributed by atoms with Gasteiger partial charge >= 0.3 is 0 Å². The van der Waals surface area contributed by atoms with E-state index in [-0.39, 0.29) is 16.8 Å². The van der Waals surface area contributed by atoms with Crippen LogP contribution in [-0.2, 0) is 14.8 Å². The molecule has 1 amide bonds. The zero-order valence-electron chi connectivity index (χ0n) is 16.3. The number of rotatable bonds is 5. The third kappa shape index (κ3) is 4.24. The Hall–Kier alpha value is -1.89. The molecule has 7 heteroatoms. The SMILES string of the molecule is Cc1ccc([C@@H](C)NC(=O)[C@@H]2CCCN2S(=O)(=O)c2ccc(Cl)cc2)cc1C. The van der Waals surface area contributed by atoms with E-state index >= 15 is 0 Å². The Morgan fingerprint density at radius 2 is 1.82 bits per heavy atom. The van der Waals surface area contributed by atoms with Crippen molar-refractivity contribution in [1.29, 1.82) is 0 Å². The summed E-state index contributed by atoms with van der Waals surface area (Å²) < 4.78 is 27.3. The fraction of sp³-hybridized carbons (Fsp3) is 0.381. The first-order valence-electron chi connectivity index (χ1n) is 9.35. The van der Waals surface area contributed by atoms with Crippen LogP contribution in [0.3, 0.4) is 0 Å². The van der Waals surface area contributed by atoms with Gasteiger partial charge < -0.3 is 5.32 Å². The molecule has 2 atom stereocenters. The molecule has 0 unspecified atom stereocenters. The number of hydrogen-bond acceptors (Lipinski definition) is 3. The van der Waals surface area contributed by atoms with Crippen LogP contribution in [0.4, 0.5) is 0 Å². The van der Waals surface area contributed by atoms with Crippen LogP contribution in [0, 0.1) is 13.8 Å². The average Bonchev–Trinajstić information content (AvgIpc) is 3.15. The van der Waals surface area contributed by atoms with Crippen molar-refractivity contribution >= 4 is 27.5 Å². The predicted molar refractivity (Wildman–Crippen MR) is 111 cm³/mol. The molecule has 0 aromatic heterocycles. The second kappa shape index (κ2) is 8.23. The Kier molecular flexibility index (Phi) is 6.12. The molecule has 28 heavy (non-hydrogen) atoms. The Balaban J connectivity index is 1.77. The maximum Gasteiger partial charge on any atom is 0.243 e. The van der Waals surface area contributed by atoms with Crippen LogP contribution in [0.25, 0.3) is 0 Å². The number of halogens is 1. The first-order valence-corrected chi connectivity index (χ1v) is 11.2. The lowest BCUT2D eigenvalue weighted by Crippen LogP contribution is -2.46. The molecular weight excluding hydrogens is 396 g/mol. The number of nitrogens with one attached hydrogen (secondary N) is 1. The summed E-state index contributed by atoms with van der Waals surface area (Å²) in [5.41, 5.74) is 3.35. The number of nitrogens with zero attached hydrogens (tertiary/aromatic N) is 1. The fourth-order valence-electron chi connectivity index (χ4n) is 3.46. The normalized spacial score (nSPS) is 18.8. The third-order valence-corrected chi connectivity index (χ3v) is 7.49. The van der Waals surface area contributed by atoms with Crippen molar-refractivity contribution in [3.05, 3.63) is 64.2 Å². The molecule has 1 N–H and O–H groups in total. The lowest BCUT2D eigenvalue weighted by atomic mass is 10.0. The van der Waals surface area contributed by atoms with E-state index in [0.717, 1.165) is 11.1 Å². The van der Waals surface area contributed by atoms with E-state index in [0.29, 0.717) is 24.4 Å². The molecule has 0 bridgehead atoms. The second-order valence-corrected chi connectivity index (χ2v) is 9.63. The maximum absolute atomic E-state index is 13.0. The highest BCUT2D eigenvalue weighted by Crippen LogP contribution is 2.28. The summed E-state index contributed by atoms with van der Waals surface area (Å²) in [4.78, 5) is 13.0. The zero-order valence-corrected chi connectivity index (χ0v) is 17.8. The first-order chi connectivity index (χ1) is 13.2. The van der Waals surface area contributed by atoms with Gasteiger partial charge in [-0.1, -0.05) is 29.8 Å². The number of hydrogen-bond donors (Lipinski definition) is 1. The van der Waals surface area contributed by atoms with E-state index in [1.807, 2.05) is 32.9 Å². The van der Waals surface area contributed by atoms with Gasteiger partial charge in [0.25, 0.3) is 0 Å². The highest BCUT2D eigenvalue weighted by Gasteiger charge is 2.39. The molecule has 1 heterocycles. The molecule has 0 aliphatic carbocycles. The van der Waals surface area contributed by atoms with Crippen LogP contribution in [0.1, 0.15) is 42.5 Å². The molecule has 0 saturated carbocycles. The average molecular weight is 421 g/mol. The van der Waals surface area contributed by atoms with Gasteiger partial charge in [-0.3, -0.25) is 4.79 Å². The Morgan fingerprint density at radius 3 is 2.46 bits per heavy atom. The number of benzene rings is 2. The van der Waals surface area contributed by atoms with Crippen molar-refractivity contribution in [2.75, 3.05) is 6.54 Å². The molecule has 3 rings (SSSR count). The molecule has 2 aromatic rings. The van der Waals surface area contributed by atoms with Gasteiger partial charge in [0.05, 0.1) is 10.9 Å². The number of sulfonamides is 1. The lowest BCUT2D eigenvalue weighted by Gasteiger charge is -2.25. The minimum Gasteiger partial charge on any atom is -0.348 e. The number of carbonyl (C=O) groups excluding carboxylic acids is 1. The van der Waals surface area contributed by atoms with Gasteiger partial charge in [0, 0.05) is 11.6 Å². The molecule has 1 aliphatic heterocycles. The van der Waals surface area contributed by atoms with Crippen LogP contribution >= 0.6 is 11.6 Å². The molecule has 0 spiro atoms. The smallest absolute Gasteiger partial charge is 0.243 e. The summed E-state index contributed by atoms with van der Waals surface area (Å²) in [5, 5.41) is 3.45. The minimum absolute atomic E-state index is 0.152. The predicted octanol–water partition coefficient (Wildman–Crippen LogP) is 3.99. The minimum atomic E-state index is -3.75. The quantitative estimate of drug-likeness (QED) is 0.795. The Labute approximate surface area is 171 Å². The summed E-state index contributed by atoms with van der Waals surface area (Å²) >= 11 is 5.86. The van der Waals surface area contributed by atoms with Gasteiger partial charge in [-0.25, -0.2) is 8.42 Å².